The minimum Gasteiger partial charge on any atom is -0.304 e. The fourth-order valence-electron chi connectivity index (χ4n) is 1.79. The highest BCUT2D eigenvalue weighted by Gasteiger charge is 2.13. The molecular formula is C16H14ClNO. The van der Waals surface area contributed by atoms with Gasteiger partial charge in [-0.05, 0) is 35.9 Å². The van der Waals surface area contributed by atoms with Crippen molar-refractivity contribution in [3.63, 3.8) is 0 Å². The van der Waals surface area contributed by atoms with Crippen LogP contribution in [0, 0.1) is 0 Å². The molecule has 2 rings (SSSR count). The Morgan fingerprint density at radius 3 is 2.32 bits per heavy atom. The van der Waals surface area contributed by atoms with Crippen LogP contribution < -0.4 is 4.90 Å². The standard InChI is InChI=1S/C16H14ClNO/c1-2-16(19)18(12-13-6-4-3-5-7-13)15-10-8-14(17)9-11-15/h2-11H,1,12H2. The zero-order chi connectivity index (χ0) is 13.7. The number of carbonyl (C=O) groups excluding carboxylic acids is 1. The van der Waals surface area contributed by atoms with Crippen molar-refractivity contribution in [1.82, 2.24) is 0 Å². The Hall–Kier alpha value is -2.06. The molecule has 0 saturated carbocycles. The topological polar surface area (TPSA) is 20.3 Å². The van der Waals surface area contributed by atoms with E-state index in [1.165, 1.54) is 6.08 Å². The first kappa shape index (κ1) is 13.4. The van der Waals surface area contributed by atoms with Gasteiger partial charge < -0.3 is 4.90 Å². The van der Waals surface area contributed by atoms with Crippen LogP contribution in [0.15, 0.2) is 67.3 Å². The van der Waals surface area contributed by atoms with Gasteiger partial charge in [-0.3, -0.25) is 4.79 Å². The van der Waals surface area contributed by atoms with Crippen LogP contribution in [0.25, 0.3) is 0 Å². The second-order valence-electron chi connectivity index (χ2n) is 4.09. The van der Waals surface area contributed by atoms with E-state index in [4.69, 9.17) is 11.6 Å². The molecule has 0 bridgehead atoms. The molecule has 0 saturated heterocycles. The summed E-state index contributed by atoms with van der Waals surface area (Å²) < 4.78 is 0. The molecule has 0 unspecified atom stereocenters. The second kappa shape index (κ2) is 6.21. The predicted octanol–water partition coefficient (Wildman–Crippen LogP) is 4.06. The molecule has 3 heteroatoms. The maximum atomic E-state index is 12.0. The maximum absolute atomic E-state index is 12.0. The lowest BCUT2D eigenvalue weighted by Crippen LogP contribution is -2.28. The molecule has 1 amide bonds. The second-order valence-corrected chi connectivity index (χ2v) is 4.53. The molecule has 0 heterocycles. The number of anilines is 1. The summed E-state index contributed by atoms with van der Waals surface area (Å²) in [5.41, 5.74) is 1.87. The van der Waals surface area contributed by atoms with E-state index in [0.717, 1.165) is 11.3 Å². The van der Waals surface area contributed by atoms with Crippen LogP contribution in [0.2, 0.25) is 5.02 Å². The number of rotatable bonds is 4. The summed E-state index contributed by atoms with van der Waals surface area (Å²) in [6.07, 6.45) is 1.32. The number of halogens is 1. The van der Waals surface area contributed by atoms with Crippen molar-refractivity contribution in [3.8, 4) is 0 Å². The Bertz CT molecular complexity index is 563. The van der Waals surface area contributed by atoms with Crippen molar-refractivity contribution in [3.05, 3.63) is 77.8 Å². The van der Waals surface area contributed by atoms with Gasteiger partial charge in [0.1, 0.15) is 0 Å². The van der Waals surface area contributed by atoms with Gasteiger partial charge in [-0.1, -0.05) is 48.5 Å². The molecule has 0 spiro atoms. The summed E-state index contributed by atoms with van der Waals surface area (Å²) >= 11 is 5.87. The highest BCUT2D eigenvalue weighted by Crippen LogP contribution is 2.20. The van der Waals surface area contributed by atoms with Crippen LogP contribution in [-0.4, -0.2) is 5.91 Å². The average Bonchev–Trinajstić information content (AvgIpc) is 2.46. The molecule has 19 heavy (non-hydrogen) atoms. The molecule has 0 N–H and O–H groups in total. The first-order chi connectivity index (χ1) is 9.20. The van der Waals surface area contributed by atoms with E-state index in [-0.39, 0.29) is 5.91 Å². The van der Waals surface area contributed by atoms with Crippen LogP contribution in [0.5, 0.6) is 0 Å². The molecule has 0 aliphatic heterocycles. The van der Waals surface area contributed by atoms with E-state index < -0.39 is 0 Å². The van der Waals surface area contributed by atoms with Gasteiger partial charge in [0.05, 0.1) is 6.54 Å². The smallest absolute Gasteiger partial charge is 0.250 e. The fourth-order valence-corrected chi connectivity index (χ4v) is 1.92. The van der Waals surface area contributed by atoms with Crippen LogP contribution in [0.3, 0.4) is 0 Å². The van der Waals surface area contributed by atoms with Crippen molar-refractivity contribution in [2.24, 2.45) is 0 Å². The van der Waals surface area contributed by atoms with Gasteiger partial charge in [-0.15, -0.1) is 0 Å². The Morgan fingerprint density at radius 1 is 1.11 bits per heavy atom. The van der Waals surface area contributed by atoms with E-state index in [9.17, 15) is 4.79 Å². The number of hydrogen-bond donors (Lipinski definition) is 0. The fraction of sp³-hybridized carbons (Fsp3) is 0.0625. The largest absolute Gasteiger partial charge is 0.304 e. The van der Waals surface area contributed by atoms with Crippen molar-refractivity contribution in [1.29, 1.82) is 0 Å². The molecule has 2 aromatic rings. The Balaban J connectivity index is 2.28. The van der Waals surface area contributed by atoms with E-state index in [1.54, 1.807) is 17.0 Å². The van der Waals surface area contributed by atoms with Crippen LogP contribution in [0.1, 0.15) is 5.56 Å². The minimum atomic E-state index is -0.133. The highest BCUT2D eigenvalue weighted by molar-refractivity contribution is 6.30. The quantitative estimate of drug-likeness (QED) is 0.768. The van der Waals surface area contributed by atoms with Gasteiger partial charge >= 0.3 is 0 Å². The number of benzene rings is 2. The normalized spacial score (nSPS) is 9.95. The number of carbonyl (C=O) groups is 1. The summed E-state index contributed by atoms with van der Waals surface area (Å²) in [5.74, 6) is -0.133. The van der Waals surface area contributed by atoms with Gasteiger partial charge in [0, 0.05) is 10.7 Å². The third-order valence-corrected chi connectivity index (χ3v) is 3.01. The van der Waals surface area contributed by atoms with Crippen molar-refractivity contribution in [2.45, 2.75) is 6.54 Å². The molecular weight excluding hydrogens is 258 g/mol. The van der Waals surface area contributed by atoms with E-state index in [2.05, 4.69) is 6.58 Å². The average molecular weight is 272 g/mol. The Kier molecular flexibility index (Phi) is 4.37. The van der Waals surface area contributed by atoms with E-state index in [1.807, 2.05) is 42.5 Å². The van der Waals surface area contributed by atoms with Crippen molar-refractivity contribution in [2.75, 3.05) is 4.90 Å². The van der Waals surface area contributed by atoms with Crippen LogP contribution in [-0.2, 0) is 11.3 Å². The molecule has 0 aliphatic carbocycles. The molecule has 0 aromatic heterocycles. The van der Waals surface area contributed by atoms with Gasteiger partial charge in [-0.2, -0.15) is 0 Å². The first-order valence-corrected chi connectivity index (χ1v) is 6.32. The number of amides is 1. The van der Waals surface area contributed by atoms with Crippen molar-refractivity contribution < 1.29 is 4.79 Å². The van der Waals surface area contributed by atoms with Gasteiger partial charge in [-0.25, -0.2) is 0 Å². The molecule has 0 radical (unpaired) electrons. The van der Waals surface area contributed by atoms with Gasteiger partial charge in [0.15, 0.2) is 0 Å². The number of nitrogens with zero attached hydrogens (tertiary/aromatic N) is 1. The summed E-state index contributed by atoms with van der Waals surface area (Å²) in [6, 6.07) is 17.0. The SMILES string of the molecule is C=CC(=O)N(Cc1ccccc1)c1ccc(Cl)cc1. The molecule has 2 nitrogen and oxygen atoms in total. The lowest BCUT2D eigenvalue weighted by molar-refractivity contribution is -0.114. The molecule has 96 valence electrons. The summed E-state index contributed by atoms with van der Waals surface area (Å²) in [7, 11) is 0. The van der Waals surface area contributed by atoms with Crippen LogP contribution in [0.4, 0.5) is 5.69 Å². The Labute approximate surface area is 117 Å². The third-order valence-electron chi connectivity index (χ3n) is 2.76. The highest BCUT2D eigenvalue weighted by atomic mass is 35.5. The zero-order valence-corrected chi connectivity index (χ0v) is 11.2. The molecule has 2 aromatic carbocycles. The predicted molar refractivity (Wildman–Crippen MR) is 79.3 cm³/mol. The Morgan fingerprint density at radius 2 is 1.74 bits per heavy atom. The molecule has 0 fully saturated rings. The summed E-state index contributed by atoms with van der Waals surface area (Å²) in [6.45, 7) is 4.06. The molecule has 0 atom stereocenters. The minimum absolute atomic E-state index is 0.133. The van der Waals surface area contributed by atoms with E-state index >= 15 is 0 Å². The zero-order valence-electron chi connectivity index (χ0n) is 10.4. The maximum Gasteiger partial charge on any atom is 0.250 e. The third kappa shape index (κ3) is 3.46. The summed E-state index contributed by atoms with van der Waals surface area (Å²) in [4.78, 5) is 13.6. The first-order valence-electron chi connectivity index (χ1n) is 5.94. The van der Waals surface area contributed by atoms with Gasteiger partial charge in [0.25, 0.3) is 5.91 Å². The lowest BCUT2D eigenvalue weighted by atomic mass is 10.2. The number of hydrogen-bond acceptors (Lipinski definition) is 1. The van der Waals surface area contributed by atoms with Crippen LogP contribution >= 0.6 is 11.6 Å². The summed E-state index contributed by atoms with van der Waals surface area (Å²) in [5, 5.41) is 0.648. The monoisotopic (exact) mass is 271 g/mol. The van der Waals surface area contributed by atoms with E-state index in [0.29, 0.717) is 11.6 Å². The van der Waals surface area contributed by atoms with Gasteiger partial charge in [0.2, 0.25) is 0 Å². The van der Waals surface area contributed by atoms with Crippen molar-refractivity contribution >= 4 is 23.2 Å². The molecule has 0 aliphatic rings. The lowest BCUT2D eigenvalue weighted by Gasteiger charge is -2.21.